The first-order valence-electron chi connectivity index (χ1n) is 14.4. The number of nitrogens with one attached hydrogen (secondary N) is 3. The highest BCUT2D eigenvalue weighted by Gasteiger charge is 2.49. The second-order valence-corrected chi connectivity index (χ2v) is 11.6. The number of hydrogen-bond donors (Lipinski definition) is 3. The molecule has 3 aliphatic heterocycles. The molecule has 0 aliphatic carbocycles. The number of pyridine rings is 1. The Morgan fingerprint density at radius 3 is 2.56 bits per heavy atom. The number of nitrogens with zero attached hydrogens (tertiary/aromatic N) is 6. The van der Waals surface area contributed by atoms with Gasteiger partial charge in [0.1, 0.15) is 11.2 Å². The van der Waals surface area contributed by atoms with Crippen LogP contribution in [0.5, 0.6) is 0 Å². The van der Waals surface area contributed by atoms with E-state index in [1.807, 2.05) is 18.0 Å². The van der Waals surface area contributed by atoms with Crippen LogP contribution in [0.25, 0.3) is 22.6 Å². The second kappa shape index (κ2) is 10.8. The normalized spacial score (nSPS) is 18.9. The summed E-state index contributed by atoms with van der Waals surface area (Å²) in [5.74, 6) is 1.04. The summed E-state index contributed by atoms with van der Waals surface area (Å²) in [6.45, 7) is 4.74. The lowest BCUT2D eigenvalue weighted by molar-refractivity contribution is -0.114. The van der Waals surface area contributed by atoms with Gasteiger partial charge in [-0.05, 0) is 54.2 Å². The molecule has 220 valence electrons. The summed E-state index contributed by atoms with van der Waals surface area (Å²) < 4.78 is 5.95. The zero-order valence-electron chi connectivity index (χ0n) is 24.1. The van der Waals surface area contributed by atoms with Gasteiger partial charge in [-0.15, -0.1) is 10.2 Å². The zero-order valence-corrected chi connectivity index (χ0v) is 24.1. The van der Waals surface area contributed by atoms with Crippen LogP contribution in [0.3, 0.4) is 0 Å². The molecule has 2 saturated heterocycles. The molecular formula is C31H33N9O3. The zero-order chi connectivity index (χ0) is 29.6. The molecule has 12 nitrogen and oxygen atoms in total. The highest BCUT2D eigenvalue weighted by molar-refractivity contribution is 5.94. The van der Waals surface area contributed by atoms with Crippen LogP contribution >= 0.6 is 0 Å². The molecule has 2 amide bonds. The minimum absolute atomic E-state index is 0.0414. The van der Waals surface area contributed by atoms with Gasteiger partial charge in [-0.3, -0.25) is 24.9 Å². The summed E-state index contributed by atoms with van der Waals surface area (Å²) in [5.41, 5.74) is 10.6. The molecule has 2 aromatic carbocycles. The lowest BCUT2D eigenvalue weighted by Crippen LogP contribution is -2.63. The van der Waals surface area contributed by atoms with Gasteiger partial charge in [-0.1, -0.05) is 30.3 Å². The predicted octanol–water partition coefficient (Wildman–Crippen LogP) is 3.40. The number of aromatic nitrogens is 2. The van der Waals surface area contributed by atoms with E-state index in [1.165, 1.54) is 12.5 Å². The SMILES string of the molecule is CC(=O)Nc1ccc2oc(-c3ccnc(C(=O)N4CCC5(CC4)CN(C(C4=NNN(C)N4)c4ccccc4)C5)c3)nc2c1. The number of anilines is 1. The van der Waals surface area contributed by atoms with Crippen LogP contribution in [0.2, 0.25) is 0 Å². The van der Waals surface area contributed by atoms with Gasteiger partial charge in [0.15, 0.2) is 11.4 Å². The number of hydrazine groups is 2. The number of benzene rings is 2. The first kappa shape index (κ1) is 27.0. The van der Waals surface area contributed by atoms with Crippen molar-refractivity contribution in [3.63, 3.8) is 0 Å². The van der Waals surface area contributed by atoms with Crippen LogP contribution in [-0.2, 0) is 4.79 Å². The smallest absolute Gasteiger partial charge is 0.272 e. The largest absolute Gasteiger partial charge is 0.436 e. The second-order valence-electron chi connectivity index (χ2n) is 11.6. The average molecular weight is 580 g/mol. The minimum atomic E-state index is -0.156. The molecule has 0 saturated carbocycles. The van der Waals surface area contributed by atoms with Gasteiger partial charge in [0.05, 0.1) is 6.04 Å². The van der Waals surface area contributed by atoms with Crippen molar-refractivity contribution < 1.29 is 14.0 Å². The van der Waals surface area contributed by atoms with E-state index in [1.54, 1.807) is 41.6 Å². The van der Waals surface area contributed by atoms with Crippen LogP contribution in [0.1, 0.15) is 41.9 Å². The van der Waals surface area contributed by atoms with Crippen molar-refractivity contribution in [1.29, 1.82) is 0 Å². The Bertz CT molecular complexity index is 1700. The van der Waals surface area contributed by atoms with Gasteiger partial charge in [-0.2, -0.15) is 0 Å². The van der Waals surface area contributed by atoms with E-state index in [9.17, 15) is 9.59 Å². The summed E-state index contributed by atoms with van der Waals surface area (Å²) in [5, 5.41) is 9.01. The van der Waals surface area contributed by atoms with Crippen molar-refractivity contribution in [3.8, 4) is 11.5 Å². The Kier molecular flexibility index (Phi) is 6.79. The molecular weight excluding hydrogens is 546 g/mol. The maximum Gasteiger partial charge on any atom is 0.272 e. The molecule has 0 radical (unpaired) electrons. The van der Waals surface area contributed by atoms with Crippen molar-refractivity contribution in [3.05, 3.63) is 78.1 Å². The molecule has 3 N–H and O–H groups in total. The van der Waals surface area contributed by atoms with E-state index in [-0.39, 0.29) is 23.3 Å². The minimum Gasteiger partial charge on any atom is -0.436 e. The van der Waals surface area contributed by atoms with Gasteiger partial charge in [0, 0.05) is 57.6 Å². The van der Waals surface area contributed by atoms with E-state index < -0.39 is 0 Å². The molecule has 12 heteroatoms. The number of carbonyl (C=O) groups excluding carboxylic acids is 2. The van der Waals surface area contributed by atoms with E-state index in [4.69, 9.17) is 4.42 Å². The third kappa shape index (κ3) is 5.30. The molecule has 3 aliphatic rings. The lowest BCUT2D eigenvalue weighted by atomic mass is 9.71. The number of fused-ring (bicyclic) bond motifs is 1. The van der Waals surface area contributed by atoms with Gasteiger partial charge in [0.25, 0.3) is 5.91 Å². The number of oxazole rings is 1. The van der Waals surface area contributed by atoms with Gasteiger partial charge >= 0.3 is 0 Å². The van der Waals surface area contributed by atoms with E-state index in [2.05, 4.69) is 60.5 Å². The Morgan fingerprint density at radius 1 is 1.05 bits per heavy atom. The lowest BCUT2D eigenvalue weighted by Gasteiger charge is -2.56. The van der Waals surface area contributed by atoms with Gasteiger partial charge in [-0.25, -0.2) is 10.5 Å². The van der Waals surface area contributed by atoms with Crippen molar-refractivity contribution in [2.24, 2.45) is 10.5 Å². The molecule has 43 heavy (non-hydrogen) atoms. The number of piperidine rings is 1. The predicted molar refractivity (Wildman–Crippen MR) is 161 cm³/mol. The Labute approximate surface area is 248 Å². The molecule has 5 heterocycles. The van der Waals surface area contributed by atoms with Crippen LogP contribution in [0.15, 0.2) is 76.4 Å². The summed E-state index contributed by atoms with van der Waals surface area (Å²) >= 11 is 0. The van der Waals surface area contributed by atoms with E-state index in [0.29, 0.717) is 47.0 Å². The fourth-order valence-corrected chi connectivity index (χ4v) is 6.32. The molecule has 1 unspecified atom stereocenters. The molecule has 1 spiro atoms. The Morgan fingerprint density at radius 2 is 1.84 bits per heavy atom. The van der Waals surface area contributed by atoms with E-state index in [0.717, 1.165) is 31.8 Å². The fraction of sp³-hybridized carbons (Fsp3) is 0.323. The molecule has 7 rings (SSSR count). The van der Waals surface area contributed by atoms with Gasteiger partial charge < -0.3 is 14.6 Å². The maximum absolute atomic E-state index is 13.5. The Hall–Kier alpha value is -4.81. The summed E-state index contributed by atoms with van der Waals surface area (Å²) in [6.07, 6.45) is 3.50. The number of hydrazone groups is 1. The molecule has 0 bridgehead atoms. The molecule has 1 atom stereocenters. The number of hydrogen-bond acceptors (Lipinski definition) is 10. The van der Waals surface area contributed by atoms with Crippen molar-refractivity contribution >= 4 is 34.4 Å². The number of rotatable bonds is 6. The van der Waals surface area contributed by atoms with Crippen molar-refractivity contribution in [1.82, 2.24) is 35.8 Å². The number of amidine groups is 1. The average Bonchev–Trinajstić information content (AvgIpc) is 3.63. The number of likely N-dealkylation sites (tertiary alicyclic amines) is 2. The molecule has 2 aromatic heterocycles. The third-order valence-electron chi connectivity index (χ3n) is 8.46. The van der Waals surface area contributed by atoms with Crippen LogP contribution < -0.4 is 16.3 Å². The third-order valence-corrected chi connectivity index (χ3v) is 8.46. The first-order valence-corrected chi connectivity index (χ1v) is 14.4. The van der Waals surface area contributed by atoms with Crippen LogP contribution in [-0.4, -0.2) is 75.8 Å². The van der Waals surface area contributed by atoms with E-state index >= 15 is 0 Å². The van der Waals surface area contributed by atoms with Crippen LogP contribution in [0, 0.1) is 5.41 Å². The van der Waals surface area contributed by atoms with Crippen LogP contribution in [0.4, 0.5) is 5.69 Å². The molecule has 4 aromatic rings. The first-order chi connectivity index (χ1) is 20.9. The van der Waals surface area contributed by atoms with Crippen molar-refractivity contribution in [2.75, 3.05) is 38.5 Å². The topological polar surface area (TPSA) is 131 Å². The summed E-state index contributed by atoms with van der Waals surface area (Å²) in [6, 6.07) is 19.3. The maximum atomic E-state index is 13.5. The standard InChI is InChI=1S/C31H33N9O3/c1-20(41)33-23-8-9-26-24(17-23)34-29(43-26)22-10-13-32-25(16-22)30(42)39-14-11-31(12-15-39)18-40(19-31)27(21-6-4-3-5-7-21)28-35-37-38(2)36-28/h3-10,13,16-17,27,37H,11-12,14-15,18-19H2,1-2H3,(H,33,41)(H,35,36). The summed E-state index contributed by atoms with van der Waals surface area (Å²) in [4.78, 5) is 38.3. The highest BCUT2D eigenvalue weighted by Crippen LogP contribution is 2.44. The van der Waals surface area contributed by atoms with Gasteiger partial charge in [0.2, 0.25) is 11.8 Å². The highest BCUT2D eigenvalue weighted by atomic mass is 16.3. The number of carbonyl (C=O) groups is 2. The molecule has 2 fully saturated rings. The Balaban J connectivity index is 1.01. The van der Waals surface area contributed by atoms with Crippen molar-refractivity contribution in [2.45, 2.75) is 25.8 Å². The quantitative estimate of drug-likeness (QED) is 0.315. The number of amides is 2. The fourth-order valence-electron chi connectivity index (χ4n) is 6.32. The monoisotopic (exact) mass is 579 g/mol. The summed E-state index contributed by atoms with van der Waals surface area (Å²) in [7, 11) is 1.89.